The van der Waals surface area contributed by atoms with Crippen LogP contribution in [0.3, 0.4) is 0 Å². The second kappa shape index (κ2) is 4.72. The Morgan fingerprint density at radius 1 is 1.30 bits per heavy atom. The van der Waals surface area contributed by atoms with Gasteiger partial charge in [0.15, 0.2) is 6.10 Å². The van der Waals surface area contributed by atoms with Gasteiger partial charge in [0.05, 0.1) is 6.42 Å². The second-order valence-corrected chi connectivity index (χ2v) is 9.01. The first-order chi connectivity index (χ1) is 9.29. The normalized spacial score (nSPS) is 43.3. The van der Waals surface area contributed by atoms with Gasteiger partial charge in [0.1, 0.15) is 0 Å². The number of halogens is 1. The van der Waals surface area contributed by atoms with Gasteiger partial charge < -0.3 is 10.5 Å². The lowest BCUT2D eigenvalue weighted by molar-refractivity contribution is -0.159. The molecular formula is C15H22BrNO3. The van der Waals surface area contributed by atoms with Gasteiger partial charge in [0.2, 0.25) is 0 Å². The number of alkyl halides is 1. The van der Waals surface area contributed by atoms with Crippen molar-refractivity contribution in [1.82, 2.24) is 0 Å². The number of carbonyl (C=O) groups is 2. The summed E-state index contributed by atoms with van der Waals surface area (Å²) in [6.45, 7) is 1.53. The van der Waals surface area contributed by atoms with Crippen LogP contribution in [0.4, 0.5) is 0 Å². The summed E-state index contributed by atoms with van der Waals surface area (Å²) >= 11 is 3.93. The minimum atomic E-state index is -0.825. The molecule has 4 saturated carbocycles. The number of hydrogen-bond donors (Lipinski definition) is 1. The molecule has 0 heterocycles. The molecule has 0 saturated heterocycles. The summed E-state index contributed by atoms with van der Waals surface area (Å²) < 4.78 is 5.40. The van der Waals surface area contributed by atoms with Crippen molar-refractivity contribution in [3.05, 3.63) is 0 Å². The zero-order chi connectivity index (χ0) is 14.5. The molecule has 0 aliphatic heterocycles. The Bertz CT molecular complexity index is 436. The molecule has 0 spiro atoms. The van der Waals surface area contributed by atoms with Gasteiger partial charge in [-0.3, -0.25) is 9.59 Å². The van der Waals surface area contributed by atoms with Crippen LogP contribution in [0.2, 0.25) is 0 Å². The largest absolute Gasteiger partial charge is 0.453 e. The highest BCUT2D eigenvalue weighted by Crippen LogP contribution is 2.65. The highest BCUT2D eigenvalue weighted by Gasteiger charge is 2.57. The molecular weight excluding hydrogens is 322 g/mol. The topological polar surface area (TPSA) is 69.4 Å². The number of primary amides is 1. The van der Waals surface area contributed by atoms with Gasteiger partial charge in [-0.1, -0.05) is 15.9 Å². The van der Waals surface area contributed by atoms with E-state index in [9.17, 15) is 9.59 Å². The van der Waals surface area contributed by atoms with E-state index in [1.54, 1.807) is 0 Å². The third-order valence-electron chi connectivity index (χ3n) is 5.34. The summed E-state index contributed by atoms with van der Waals surface area (Å²) in [6, 6.07) is 0. The first-order valence-corrected chi connectivity index (χ1v) is 8.26. The predicted molar refractivity (Wildman–Crippen MR) is 78.1 cm³/mol. The van der Waals surface area contributed by atoms with Crippen LogP contribution in [0, 0.1) is 17.3 Å². The number of esters is 1. The van der Waals surface area contributed by atoms with Crippen molar-refractivity contribution >= 4 is 27.8 Å². The van der Waals surface area contributed by atoms with Crippen LogP contribution in [0.5, 0.6) is 0 Å². The Morgan fingerprint density at radius 2 is 1.90 bits per heavy atom. The van der Waals surface area contributed by atoms with E-state index in [4.69, 9.17) is 10.5 Å². The zero-order valence-electron chi connectivity index (χ0n) is 11.9. The molecule has 4 rings (SSSR count). The van der Waals surface area contributed by atoms with Crippen LogP contribution in [0.25, 0.3) is 0 Å². The summed E-state index contributed by atoms with van der Waals surface area (Å²) in [4.78, 5) is 23.1. The quantitative estimate of drug-likeness (QED) is 0.629. The van der Waals surface area contributed by atoms with Crippen molar-refractivity contribution < 1.29 is 14.3 Å². The molecule has 4 bridgehead atoms. The van der Waals surface area contributed by atoms with Gasteiger partial charge in [-0.25, -0.2) is 0 Å². The van der Waals surface area contributed by atoms with E-state index in [1.165, 1.54) is 26.2 Å². The van der Waals surface area contributed by atoms with E-state index in [1.807, 2.05) is 0 Å². The molecule has 0 aromatic carbocycles. The number of carbonyl (C=O) groups excluding carboxylic acids is 2. The number of nitrogens with two attached hydrogens (primary N) is 1. The molecule has 112 valence electrons. The van der Waals surface area contributed by atoms with Crippen LogP contribution in [-0.4, -0.2) is 22.3 Å². The summed E-state index contributed by atoms with van der Waals surface area (Å²) in [6.07, 6.45) is 6.76. The maximum atomic E-state index is 12.1. The van der Waals surface area contributed by atoms with Gasteiger partial charge in [0.25, 0.3) is 5.91 Å². The fourth-order valence-electron chi connectivity index (χ4n) is 5.15. The van der Waals surface area contributed by atoms with Gasteiger partial charge in [-0.2, -0.15) is 0 Å². The Hall–Kier alpha value is -0.580. The lowest BCUT2D eigenvalue weighted by Crippen LogP contribution is -2.53. The first-order valence-electron chi connectivity index (χ1n) is 7.47. The molecule has 4 aliphatic rings. The molecule has 2 N–H and O–H groups in total. The van der Waals surface area contributed by atoms with Crippen molar-refractivity contribution in [2.45, 2.75) is 62.3 Å². The van der Waals surface area contributed by atoms with Crippen LogP contribution < -0.4 is 5.73 Å². The average Bonchev–Trinajstić information content (AvgIpc) is 2.23. The highest BCUT2D eigenvalue weighted by molar-refractivity contribution is 9.10. The van der Waals surface area contributed by atoms with Gasteiger partial charge in [-0.15, -0.1) is 0 Å². The molecule has 4 aliphatic carbocycles. The summed E-state index contributed by atoms with van der Waals surface area (Å²) in [5.74, 6) is 0.643. The molecule has 4 nitrogen and oxygen atoms in total. The number of hydrogen-bond acceptors (Lipinski definition) is 3. The van der Waals surface area contributed by atoms with E-state index in [2.05, 4.69) is 15.9 Å². The first kappa shape index (κ1) is 14.4. The molecule has 5 atom stereocenters. The summed E-state index contributed by atoms with van der Waals surface area (Å²) in [5, 5.41) is 0. The number of rotatable bonds is 4. The van der Waals surface area contributed by atoms with Crippen molar-refractivity contribution in [2.75, 3.05) is 0 Å². The van der Waals surface area contributed by atoms with E-state index in [-0.39, 0.29) is 15.7 Å². The number of ether oxygens (including phenoxy) is 1. The molecule has 0 aromatic rings. The Morgan fingerprint density at radius 3 is 2.40 bits per heavy atom. The maximum absolute atomic E-state index is 12.1. The standard InChI is InChI=1S/C15H22BrNO3/c1-9(13(17)19)20-12(18)7-14-3-10-2-11(4-14)6-15(16,5-10)8-14/h9-11H,2-8H2,1H3,(H2,17,19)/t9-,10-,11+,14?,15?/m1/s1. The van der Waals surface area contributed by atoms with Crippen molar-refractivity contribution in [1.29, 1.82) is 0 Å². The van der Waals surface area contributed by atoms with Crippen molar-refractivity contribution in [2.24, 2.45) is 23.0 Å². The lowest BCUT2D eigenvalue weighted by atomic mass is 9.49. The predicted octanol–water partition coefficient (Wildman–Crippen LogP) is 2.53. The van der Waals surface area contributed by atoms with Crippen LogP contribution >= 0.6 is 15.9 Å². The van der Waals surface area contributed by atoms with E-state index >= 15 is 0 Å². The smallest absolute Gasteiger partial charge is 0.307 e. The Labute approximate surface area is 127 Å². The molecule has 2 unspecified atom stereocenters. The molecule has 1 amide bonds. The Kier molecular flexibility index (Phi) is 3.39. The third kappa shape index (κ3) is 2.61. The number of amides is 1. The van der Waals surface area contributed by atoms with Gasteiger partial charge >= 0.3 is 5.97 Å². The van der Waals surface area contributed by atoms with Crippen LogP contribution in [-0.2, 0) is 14.3 Å². The highest BCUT2D eigenvalue weighted by atomic mass is 79.9. The molecule has 4 fully saturated rings. The minimum absolute atomic E-state index is 0.0854. The minimum Gasteiger partial charge on any atom is -0.453 e. The third-order valence-corrected chi connectivity index (χ3v) is 6.27. The fraction of sp³-hybridized carbons (Fsp3) is 0.867. The van der Waals surface area contributed by atoms with E-state index in [0.29, 0.717) is 6.42 Å². The fourth-order valence-corrected chi connectivity index (χ4v) is 6.66. The van der Waals surface area contributed by atoms with Gasteiger partial charge in [0, 0.05) is 4.32 Å². The van der Waals surface area contributed by atoms with Gasteiger partial charge in [-0.05, 0) is 62.7 Å². The average molecular weight is 344 g/mol. The molecule has 0 aromatic heterocycles. The van der Waals surface area contributed by atoms with Crippen LogP contribution in [0.1, 0.15) is 51.9 Å². The van der Waals surface area contributed by atoms with Crippen LogP contribution in [0.15, 0.2) is 0 Å². The molecule has 0 radical (unpaired) electrons. The van der Waals surface area contributed by atoms with E-state index in [0.717, 1.165) is 31.1 Å². The maximum Gasteiger partial charge on any atom is 0.307 e. The summed E-state index contributed by atoms with van der Waals surface area (Å²) in [5.41, 5.74) is 5.23. The SMILES string of the molecule is C[C@@H](OC(=O)CC12C[C@@H]3C[C@@H](CC(Br)(C3)C1)C2)C(N)=O. The summed E-state index contributed by atoms with van der Waals surface area (Å²) in [7, 11) is 0. The van der Waals surface area contributed by atoms with E-state index < -0.39 is 12.0 Å². The monoisotopic (exact) mass is 343 g/mol. The van der Waals surface area contributed by atoms with Crippen molar-refractivity contribution in [3.8, 4) is 0 Å². The second-order valence-electron chi connectivity index (χ2n) is 7.32. The molecule has 20 heavy (non-hydrogen) atoms. The molecule has 5 heteroatoms. The van der Waals surface area contributed by atoms with Crippen molar-refractivity contribution in [3.63, 3.8) is 0 Å². The Balaban J connectivity index is 1.68. The lowest BCUT2D eigenvalue weighted by Gasteiger charge is -2.60. The zero-order valence-corrected chi connectivity index (χ0v) is 13.4.